The highest BCUT2D eigenvalue weighted by atomic mass is 16.5. The zero-order valence-electron chi connectivity index (χ0n) is 21.9. The minimum atomic E-state index is -0.405. The normalized spacial score (nSPS) is 11.6. The number of carbonyl (C=O) groups excluding carboxylic acids is 2. The number of amides is 3. The molecule has 3 rings (SSSR count). The van der Waals surface area contributed by atoms with Crippen molar-refractivity contribution >= 4 is 23.3 Å². The Morgan fingerprint density at radius 2 is 1.46 bits per heavy atom. The highest BCUT2D eigenvalue weighted by molar-refractivity contribution is 6.01. The third kappa shape index (κ3) is 7.80. The number of anilines is 2. The number of methoxy groups -OCH3 is 2. The molecule has 3 amide bonds. The lowest BCUT2D eigenvalue weighted by atomic mass is 10.0. The number of rotatable bonds is 12. The average Bonchev–Trinajstić information content (AvgIpc) is 2.93. The van der Waals surface area contributed by atoms with Crippen LogP contribution in [-0.4, -0.2) is 57.2 Å². The summed E-state index contributed by atoms with van der Waals surface area (Å²) >= 11 is 0. The molecule has 0 saturated heterocycles. The van der Waals surface area contributed by atoms with Gasteiger partial charge in [-0.05, 0) is 48.5 Å². The monoisotopic (exact) mass is 504 g/mol. The van der Waals surface area contributed by atoms with Gasteiger partial charge in [0, 0.05) is 37.6 Å². The highest BCUT2D eigenvalue weighted by Gasteiger charge is 2.15. The van der Waals surface area contributed by atoms with Crippen LogP contribution in [0.3, 0.4) is 0 Å². The van der Waals surface area contributed by atoms with Gasteiger partial charge < -0.3 is 30.3 Å². The second kappa shape index (κ2) is 14.0. The van der Waals surface area contributed by atoms with Crippen molar-refractivity contribution in [2.24, 2.45) is 0 Å². The van der Waals surface area contributed by atoms with E-state index in [-0.39, 0.29) is 12.0 Å². The molecular formula is C29H36N4O4. The van der Waals surface area contributed by atoms with Gasteiger partial charge in [0.05, 0.1) is 12.7 Å². The molecule has 0 aliphatic rings. The van der Waals surface area contributed by atoms with Crippen LogP contribution in [-0.2, 0) is 4.74 Å². The van der Waals surface area contributed by atoms with Crippen molar-refractivity contribution in [3.63, 3.8) is 0 Å². The van der Waals surface area contributed by atoms with E-state index >= 15 is 0 Å². The van der Waals surface area contributed by atoms with Crippen molar-refractivity contribution in [1.82, 2.24) is 10.2 Å². The molecule has 196 valence electrons. The maximum absolute atomic E-state index is 12.6. The van der Waals surface area contributed by atoms with Gasteiger partial charge >= 0.3 is 6.03 Å². The van der Waals surface area contributed by atoms with Crippen LogP contribution in [0.15, 0.2) is 72.8 Å². The predicted molar refractivity (Wildman–Crippen MR) is 147 cm³/mol. The lowest BCUT2D eigenvalue weighted by Gasteiger charge is -2.18. The number of benzene rings is 3. The summed E-state index contributed by atoms with van der Waals surface area (Å²) in [5, 5.41) is 8.53. The molecule has 1 atom stereocenters. The van der Waals surface area contributed by atoms with Crippen molar-refractivity contribution < 1.29 is 19.1 Å². The van der Waals surface area contributed by atoms with Crippen LogP contribution in [0.1, 0.15) is 41.4 Å². The summed E-state index contributed by atoms with van der Waals surface area (Å²) < 4.78 is 11.1. The maximum atomic E-state index is 12.6. The van der Waals surface area contributed by atoms with Crippen molar-refractivity contribution in [3.8, 4) is 5.75 Å². The Bertz CT molecular complexity index is 1150. The smallest absolute Gasteiger partial charge is 0.323 e. The number of hydrogen-bond donors (Lipinski definition) is 3. The Morgan fingerprint density at radius 3 is 2.08 bits per heavy atom. The van der Waals surface area contributed by atoms with Gasteiger partial charge in [0.1, 0.15) is 11.9 Å². The molecule has 3 aromatic carbocycles. The largest absolute Gasteiger partial charge is 0.496 e. The molecule has 0 saturated carbocycles. The van der Waals surface area contributed by atoms with E-state index in [4.69, 9.17) is 9.47 Å². The number of nitrogens with one attached hydrogen (secondary N) is 3. The van der Waals surface area contributed by atoms with Crippen LogP contribution in [0.2, 0.25) is 0 Å². The fourth-order valence-corrected chi connectivity index (χ4v) is 4.05. The predicted octanol–water partition coefficient (Wildman–Crippen LogP) is 5.15. The Labute approximate surface area is 219 Å². The Balaban J connectivity index is 1.59. The lowest BCUT2D eigenvalue weighted by Crippen LogP contribution is -2.34. The standard InChI is InChI=1S/C29H36N4O4/c1-5-33(6-2)19-18-30-28(34)25-17-16-24(20-26(25)36-3)32-29(35)31-23-14-12-22(13-15-23)27(37-4)21-10-8-7-9-11-21/h7-17,20,27H,5-6,18-19H2,1-4H3,(H,30,34)(H2,31,32,35). The molecule has 0 aliphatic carbocycles. The summed E-state index contributed by atoms with van der Waals surface area (Å²) in [6, 6.07) is 22.0. The Hall–Kier alpha value is -3.88. The highest BCUT2D eigenvalue weighted by Crippen LogP contribution is 2.27. The van der Waals surface area contributed by atoms with E-state index in [0.29, 0.717) is 29.2 Å². The van der Waals surface area contributed by atoms with Crippen molar-refractivity contribution in [2.75, 3.05) is 51.0 Å². The first-order chi connectivity index (χ1) is 18.0. The van der Waals surface area contributed by atoms with Crippen LogP contribution >= 0.6 is 0 Å². The number of hydrogen-bond acceptors (Lipinski definition) is 5. The third-order valence-electron chi connectivity index (χ3n) is 6.12. The number of ether oxygens (including phenoxy) is 2. The molecule has 37 heavy (non-hydrogen) atoms. The first-order valence-electron chi connectivity index (χ1n) is 12.4. The summed E-state index contributed by atoms with van der Waals surface area (Å²) in [6.45, 7) is 7.37. The van der Waals surface area contributed by atoms with Gasteiger partial charge in [-0.1, -0.05) is 56.3 Å². The van der Waals surface area contributed by atoms with E-state index in [1.54, 1.807) is 25.3 Å². The minimum absolute atomic E-state index is 0.190. The zero-order chi connectivity index (χ0) is 26.6. The van der Waals surface area contributed by atoms with Crippen molar-refractivity contribution in [1.29, 1.82) is 0 Å². The second-order valence-corrected chi connectivity index (χ2v) is 8.43. The van der Waals surface area contributed by atoms with Gasteiger partial charge in [-0.2, -0.15) is 0 Å². The van der Waals surface area contributed by atoms with E-state index in [1.165, 1.54) is 7.11 Å². The summed E-state index contributed by atoms with van der Waals surface area (Å²) in [6.07, 6.45) is -0.190. The molecule has 0 aromatic heterocycles. The quantitative estimate of drug-likeness (QED) is 0.317. The minimum Gasteiger partial charge on any atom is -0.496 e. The molecule has 0 heterocycles. The molecule has 8 nitrogen and oxygen atoms in total. The summed E-state index contributed by atoms with van der Waals surface area (Å²) in [5.41, 5.74) is 3.60. The van der Waals surface area contributed by atoms with E-state index in [0.717, 1.165) is 30.8 Å². The molecule has 3 aromatic rings. The number of nitrogens with zero attached hydrogens (tertiary/aromatic N) is 1. The molecule has 1 unspecified atom stereocenters. The van der Waals surface area contributed by atoms with Crippen LogP contribution in [0, 0.1) is 0 Å². The van der Waals surface area contributed by atoms with Crippen LogP contribution in [0.25, 0.3) is 0 Å². The molecule has 0 spiro atoms. The molecule has 3 N–H and O–H groups in total. The van der Waals surface area contributed by atoms with Gasteiger partial charge in [0.25, 0.3) is 5.91 Å². The topological polar surface area (TPSA) is 91.9 Å². The van der Waals surface area contributed by atoms with Crippen LogP contribution in [0.5, 0.6) is 5.75 Å². The summed E-state index contributed by atoms with van der Waals surface area (Å²) in [4.78, 5) is 27.4. The number of urea groups is 1. The first-order valence-corrected chi connectivity index (χ1v) is 12.4. The fourth-order valence-electron chi connectivity index (χ4n) is 4.05. The van der Waals surface area contributed by atoms with E-state index in [2.05, 4.69) is 34.7 Å². The molecule has 8 heteroatoms. The Morgan fingerprint density at radius 1 is 0.838 bits per heavy atom. The zero-order valence-corrected chi connectivity index (χ0v) is 21.9. The van der Waals surface area contributed by atoms with Gasteiger partial charge in [-0.15, -0.1) is 0 Å². The average molecular weight is 505 g/mol. The van der Waals surface area contributed by atoms with E-state index in [9.17, 15) is 9.59 Å². The van der Waals surface area contributed by atoms with Gasteiger partial charge in [0.15, 0.2) is 0 Å². The van der Waals surface area contributed by atoms with Gasteiger partial charge in [-0.25, -0.2) is 4.79 Å². The summed E-state index contributed by atoms with van der Waals surface area (Å²) in [7, 11) is 3.17. The van der Waals surface area contributed by atoms with Crippen molar-refractivity contribution in [2.45, 2.75) is 20.0 Å². The van der Waals surface area contributed by atoms with Gasteiger partial charge in [0.2, 0.25) is 0 Å². The lowest BCUT2D eigenvalue weighted by molar-refractivity contribution is 0.0946. The molecule has 0 fully saturated rings. The van der Waals surface area contributed by atoms with E-state index < -0.39 is 6.03 Å². The molecule has 0 radical (unpaired) electrons. The number of likely N-dealkylation sites (N-methyl/N-ethyl adjacent to an activating group) is 1. The molecule has 0 bridgehead atoms. The Kier molecular flexibility index (Phi) is 10.5. The molecule has 0 aliphatic heterocycles. The molecular weight excluding hydrogens is 468 g/mol. The maximum Gasteiger partial charge on any atom is 0.323 e. The fraction of sp³-hybridized carbons (Fsp3) is 0.310. The summed E-state index contributed by atoms with van der Waals surface area (Å²) in [5.74, 6) is 0.166. The number of carbonyl (C=O) groups is 2. The van der Waals surface area contributed by atoms with E-state index in [1.807, 2.05) is 54.6 Å². The van der Waals surface area contributed by atoms with Crippen LogP contribution < -0.4 is 20.7 Å². The van der Waals surface area contributed by atoms with Gasteiger partial charge in [-0.3, -0.25) is 4.79 Å². The third-order valence-corrected chi connectivity index (χ3v) is 6.12. The SMILES string of the molecule is CCN(CC)CCNC(=O)c1ccc(NC(=O)Nc2ccc(C(OC)c3ccccc3)cc2)cc1OC. The second-order valence-electron chi connectivity index (χ2n) is 8.43. The van der Waals surface area contributed by atoms with Crippen LogP contribution in [0.4, 0.5) is 16.2 Å². The van der Waals surface area contributed by atoms with Crippen molar-refractivity contribution in [3.05, 3.63) is 89.5 Å². The first kappa shape index (κ1) is 27.7.